The molecule has 4 nitrogen and oxygen atoms in total. The maximum absolute atomic E-state index is 11.7. The smallest absolute Gasteiger partial charge is 0.220 e. The highest BCUT2D eigenvalue weighted by Crippen LogP contribution is 2.08. The quantitative estimate of drug-likeness (QED) is 0.669. The second-order valence-corrected chi connectivity index (χ2v) is 4.80. The van der Waals surface area contributed by atoms with Crippen LogP contribution in [0.1, 0.15) is 32.3 Å². The van der Waals surface area contributed by atoms with Crippen LogP contribution >= 0.6 is 0 Å². The Labute approximate surface area is 108 Å². The average Bonchev–Trinajstić information content (AvgIpc) is 2.25. The molecule has 18 heavy (non-hydrogen) atoms. The molecular formula is C14H22N2O2. The van der Waals surface area contributed by atoms with Crippen LogP contribution in [0.25, 0.3) is 0 Å². The summed E-state index contributed by atoms with van der Waals surface area (Å²) in [6.07, 6.45) is 1.30. The summed E-state index contributed by atoms with van der Waals surface area (Å²) in [4.78, 5) is 11.7. The number of aliphatic hydroxyl groups is 1. The number of hydrogen-bond acceptors (Lipinski definition) is 3. The lowest BCUT2D eigenvalue weighted by atomic mass is 10.1. The molecule has 0 aliphatic heterocycles. The molecule has 1 aromatic carbocycles. The van der Waals surface area contributed by atoms with E-state index in [9.17, 15) is 9.90 Å². The zero-order valence-corrected chi connectivity index (χ0v) is 11.0. The summed E-state index contributed by atoms with van der Waals surface area (Å²) in [5, 5.41) is 12.1. The van der Waals surface area contributed by atoms with Gasteiger partial charge in [0.1, 0.15) is 0 Å². The van der Waals surface area contributed by atoms with Gasteiger partial charge >= 0.3 is 0 Å². The number of hydrogen-bond donors (Lipinski definition) is 3. The Morgan fingerprint density at radius 1 is 1.44 bits per heavy atom. The number of rotatable bonds is 6. The first-order valence-corrected chi connectivity index (χ1v) is 6.29. The summed E-state index contributed by atoms with van der Waals surface area (Å²) in [6.45, 7) is 3.61. The van der Waals surface area contributed by atoms with E-state index in [1.165, 1.54) is 0 Å². The molecule has 0 saturated carbocycles. The molecule has 4 N–H and O–H groups in total. The molecule has 0 spiro atoms. The standard InChI is InChI=1S/C14H22N2O2/c1-10(8-11(2)17)16-14(18)7-6-12-4-3-5-13(15)9-12/h3-5,9-11,17H,6-8,15H2,1-2H3,(H,16,18). The van der Waals surface area contributed by atoms with E-state index in [2.05, 4.69) is 5.32 Å². The molecule has 1 rings (SSSR count). The van der Waals surface area contributed by atoms with Crippen molar-refractivity contribution in [3.63, 3.8) is 0 Å². The fourth-order valence-electron chi connectivity index (χ4n) is 1.92. The second-order valence-electron chi connectivity index (χ2n) is 4.80. The summed E-state index contributed by atoms with van der Waals surface area (Å²) in [5.41, 5.74) is 7.45. The van der Waals surface area contributed by atoms with Gasteiger partial charge in [-0.25, -0.2) is 0 Å². The molecule has 0 radical (unpaired) electrons. The molecule has 1 amide bonds. The molecular weight excluding hydrogens is 228 g/mol. The van der Waals surface area contributed by atoms with Crippen LogP contribution < -0.4 is 11.1 Å². The van der Waals surface area contributed by atoms with Crippen LogP contribution in [0, 0.1) is 0 Å². The van der Waals surface area contributed by atoms with Crippen molar-refractivity contribution in [2.75, 3.05) is 5.73 Å². The van der Waals surface area contributed by atoms with Crippen molar-refractivity contribution in [1.29, 1.82) is 0 Å². The van der Waals surface area contributed by atoms with Crippen molar-refractivity contribution in [2.45, 2.75) is 45.3 Å². The van der Waals surface area contributed by atoms with Crippen LogP contribution in [0.3, 0.4) is 0 Å². The number of carbonyl (C=O) groups excluding carboxylic acids is 1. The van der Waals surface area contributed by atoms with Gasteiger partial charge in [0.25, 0.3) is 0 Å². The first kappa shape index (κ1) is 14.5. The zero-order chi connectivity index (χ0) is 13.5. The summed E-state index contributed by atoms with van der Waals surface area (Å²) >= 11 is 0. The minimum absolute atomic E-state index is 0.00153. The van der Waals surface area contributed by atoms with Crippen molar-refractivity contribution in [3.05, 3.63) is 29.8 Å². The van der Waals surface area contributed by atoms with Crippen LogP contribution in [0.2, 0.25) is 0 Å². The van der Waals surface area contributed by atoms with Gasteiger partial charge in [0, 0.05) is 18.2 Å². The molecule has 0 aliphatic rings. The van der Waals surface area contributed by atoms with Crippen molar-refractivity contribution in [1.82, 2.24) is 5.32 Å². The van der Waals surface area contributed by atoms with Crippen LogP contribution in [-0.2, 0) is 11.2 Å². The van der Waals surface area contributed by atoms with E-state index in [4.69, 9.17) is 5.73 Å². The van der Waals surface area contributed by atoms with Crippen LogP contribution in [0.5, 0.6) is 0 Å². The van der Waals surface area contributed by atoms with Gasteiger partial charge in [-0.1, -0.05) is 12.1 Å². The number of carbonyl (C=O) groups is 1. The number of aryl methyl sites for hydroxylation is 1. The normalized spacial score (nSPS) is 13.9. The average molecular weight is 250 g/mol. The van der Waals surface area contributed by atoms with Crippen LogP contribution in [0.15, 0.2) is 24.3 Å². The fourth-order valence-corrected chi connectivity index (χ4v) is 1.92. The van der Waals surface area contributed by atoms with E-state index in [0.717, 1.165) is 11.3 Å². The Bertz CT molecular complexity index is 391. The Morgan fingerprint density at radius 3 is 2.78 bits per heavy atom. The number of nitrogens with one attached hydrogen (secondary N) is 1. The molecule has 0 fully saturated rings. The Morgan fingerprint density at radius 2 is 2.17 bits per heavy atom. The highest BCUT2D eigenvalue weighted by molar-refractivity contribution is 5.76. The lowest BCUT2D eigenvalue weighted by molar-refractivity contribution is -0.121. The van der Waals surface area contributed by atoms with E-state index in [1.807, 2.05) is 31.2 Å². The van der Waals surface area contributed by atoms with Crippen molar-refractivity contribution < 1.29 is 9.90 Å². The third-order valence-electron chi connectivity index (χ3n) is 2.69. The predicted molar refractivity (Wildman–Crippen MR) is 73.1 cm³/mol. The third-order valence-corrected chi connectivity index (χ3v) is 2.69. The number of nitrogen functional groups attached to an aromatic ring is 1. The van der Waals surface area contributed by atoms with Gasteiger partial charge in [-0.3, -0.25) is 4.79 Å². The molecule has 0 saturated heterocycles. The Balaban J connectivity index is 2.33. The molecule has 0 aliphatic carbocycles. The lowest BCUT2D eigenvalue weighted by Crippen LogP contribution is -2.34. The predicted octanol–water partition coefficient (Wildman–Crippen LogP) is 1.48. The molecule has 100 valence electrons. The lowest BCUT2D eigenvalue weighted by Gasteiger charge is -2.15. The first-order valence-electron chi connectivity index (χ1n) is 6.29. The van der Waals surface area contributed by atoms with E-state index in [1.54, 1.807) is 6.92 Å². The maximum atomic E-state index is 11.7. The van der Waals surface area contributed by atoms with Gasteiger partial charge < -0.3 is 16.2 Å². The SMILES string of the molecule is CC(O)CC(C)NC(=O)CCc1cccc(N)c1. The summed E-state index contributed by atoms with van der Waals surface area (Å²) in [6, 6.07) is 7.56. The molecule has 0 aromatic heterocycles. The second kappa shape index (κ2) is 7.01. The Kier molecular flexibility index (Phi) is 5.65. The number of aliphatic hydroxyl groups excluding tert-OH is 1. The number of amides is 1. The van der Waals surface area contributed by atoms with E-state index in [-0.39, 0.29) is 11.9 Å². The third kappa shape index (κ3) is 5.68. The molecule has 0 heterocycles. The molecule has 4 heteroatoms. The maximum Gasteiger partial charge on any atom is 0.220 e. The zero-order valence-electron chi connectivity index (χ0n) is 11.0. The minimum atomic E-state index is -0.394. The monoisotopic (exact) mass is 250 g/mol. The number of benzene rings is 1. The number of anilines is 1. The summed E-state index contributed by atoms with van der Waals surface area (Å²) in [7, 11) is 0. The van der Waals surface area contributed by atoms with Crippen LogP contribution in [-0.4, -0.2) is 23.2 Å². The number of nitrogens with two attached hydrogens (primary N) is 1. The fraction of sp³-hybridized carbons (Fsp3) is 0.500. The van der Waals surface area contributed by atoms with Gasteiger partial charge in [-0.2, -0.15) is 0 Å². The van der Waals surface area contributed by atoms with Crippen molar-refractivity contribution in [2.24, 2.45) is 0 Å². The van der Waals surface area contributed by atoms with E-state index < -0.39 is 6.10 Å². The molecule has 0 bridgehead atoms. The van der Waals surface area contributed by atoms with E-state index in [0.29, 0.717) is 19.3 Å². The molecule has 2 unspecified atom stereocenters. The van der Waals surface area contributed by atoms with E-state index >= 15 is 0 Å². The summed E-state index contributed by atoms with van der Waals surface area (Å²) < 4.78 is 0. The van der Waals surface area contributed by atoms with Gasteiger partial charge in [0.2, 0.25) is 5.91 Å². The largest absolute Gasteiger partial charge is 0.399 e. The minimum Gasteiger partial charge on any atom is -0.399 e. The van der Waals surface area contributed by atoms with Crippen molar-refractivity contribution >= 4 is 11.6 Å². The van der Waals surface area contributed by atoms with Gasteiger partial charge in [0.15, 0.2) is 0 Å². The molecule has 1 aromatic rings. The van der Waals surface area contributed by atoms with Crippen LogP contribution in [0.4, 0.5) is 5.69 Å². The highest BCUT2D eigenvalue weighted by Gasteiger charge is 2.09. The Hall–Kier alpha value is -1.55. The van der Waals surface area contributed by atoms with Gasteiger partial charge in [-0.05, 0) is 44.4 Å². The summed E-state index contributed by atoms with van der Waals surface area (Å²) in [5.74, 6) is 0.00516. The highest BCUT2D eigenvalue weighted by atomic mass is 16.3. The molecule has 2 atom stereocenters. The first-order chi connectivity index (χ1) is 8.47. The van der Waals surface area contributed by atoms with Gasteiger partial charge in [-0.15, -0.1) is 0 Å². The van der Waals surface area contributed by atoms with Crippen molar-refractivity contribution in [3.8, 4) is 0 Å². The topological polar surface area (TPSA) is 75.3 Å². The van der Waals surface area contributed by atoms with Gasteiger partial charge in [0.05, 0.1) is 6.10 Å².